The predicted octanol–water partition coefficient (Wildman–Crippen LogP) is 3.83. The van der Waals surface area contributed by atoms with E-state index in [4.69, 9.17) is 16.4 Å². The topological polar surface area (TPSA) is 54.5 Å². The van der Waals surface area contributed by atoms with Gasteiger partial charge in [-0.3, -0.25) is 9.63 Å². The highest BCUT2D eigenvalue weighted by molar-refractivity contribution is 7.98. The van der Waals surface area contributed by atoms with Crippen molar-refractivity contribution in [2.24, 2.45) is 0 Å². The molecule has 116 valence electrons. The lowest BCUT2D eigenvalue weighted by Crippen LogP contribution is -2.26. The van der Waals surface area contributed by atoms with Gasteiger partial charge < -0.3 is 5.32 Å². The zero-order valence-corrected chi connectivity index (χ0v) is 14.0. The molecule has 0 saturated carbocycles. The van der Waals surface area contributed by atoms with Crippen molar-refractivity contribution in [2.75, 3.05) is 25.7 Å². The molecule has 0 aliphatic rings. The number of rotatable bonds is 5. The van der Waals surface area contributed by atoms with Crippen molar-refractivity contribution in [2.45, 2.75) is 4.90 Å². The first-order valence-corrected chi connectivity index (χ1v) is 8.05. The van der Waals surface area contributed by atoms with Crippen LogP contribution in [-0.2, 0) is 4.84 Å². The molecule has 22 heavy (non-hydrogen) atoms. The molecular formula is C15H16ClN3O2S. The van der Waals surface area contributed by atoms with Crippen LogP contribution in [0, 0.1) is 0 Å². The second kappa shape index (κ2) is 7.49. The number of anilines is 2. The molecule has 1 amide bonds. The fraction of sp³-hybridized carbons (Fsp3) is 0.200. The van der Waals surface area contributed by atoms with Gasteiger partial charge in [0.2, 0.25) is 0 Å². The van der Waals surface area contributed by atoms with Gasteiger partial charge in [-0.05, 0) is 24.5 Å². The van der Waals surface area contributed by atoms with Crippen molar-refractivity contribution in [3.05, 3.63) is 47.2 Å². The van der Waals surface area contributed by atoms with Gasteiger partial charge in [0.15, 0.2) is 0 Å². The molecule has 1 N–H and O–H groups in total. The number of carbonyl (C=O) groups is 1. The quantitative estimate of drug-likeness (QED) is 0.510. The summed E-state index contributed by atoms with van der Waals surface area (Å²) in [6.45, 7) is 0. The van der Waals surface area contributed by atoms with Gasteiger partial charge in [-0.25, -0.2) is 10.0 Å². The Labute approximate surface area is 138 Å². The van der Waals surface area contributed by atoms with E-state index in [-0.39, 0.29) is 5.91 Å². The van der Waals surface area contributed by atoms with Gasteiger partial charge >= 0.3 is 0 Å². The number of nitrogens with zero attached hydrogens (tertiary/aromatic N) is 2. The maximum atomic E-state index is 12.3. The predicted molar refractivity (Wildman–Crippen MR) is 89.9 cm³/mol. The lowest BCUT2D eigenvalue weighted by Gasteiger charge is -2.17. The van der Waals surface area contributed by atoms with E-state index >= 15 is 0 Å². The molecule has 5 nitrogen and oxygen atoms in total. The maximum Gasteiger partial charge on any atom is 0.280 e. The lowest BCUT2D eigenvalue weighted by atomic mass is 10.2. The Morgan fingerprint density at radius 1 is 1.36 bits per heavy atom. The van der Waals surface area contributed by atoms with E-state index in [0.29, 0.717) is 16.4 Å². The van der Waals surface area contributed by atoms with Crippen molar-refractivity contribution in [3.8, 4) is 0 Å². The molecule has 1 aromatic heterocycles. The number of halogens is 1. The Bertz CT molecular complexity index is 682. The third-order valence-electron chi connectivity index (χ3n) is 3.04. The highest BCUT2D eigenvalue weighted by Gasteiger charge is 2.17. The number of aromatic nitrogens is 1. The fourth-order valence-corrected chi connectivity index (χ4v) is 2.56. The van der Waals surface area contributed by atoms with E-state index in [1.807, 2.05) is 30.5 Å². The summed E-state index contributed by atoms with van der Waals surface area (Å²) in [5, 5.41) is 4.69. The summed E-state index contributed by atoms with van der Waals surface area (Å²) in [4.78, 5) is 22.3. The van der Waals surface area contributed by atoms with E-state index in [2.05, 4.69) is 10.3 Å². The van der Waals surface area contributed by atoms with E-state index in [9.17, 15) is 4.79 Å². The first kappa shape index (κ1) is 16.6. The van der Waals surface area contributed by atoms with Gasteiger partial charge in [-0.15, -0.1) is 11.8 Å². The van der Waals surface area contributed by atoms with Crippen molar-refractivity contribution in [1.82, 2.24) is 10.0 Å². The van der Waals surface area contributed by atoms with Gasteiger partial charge in [0.1, 0.15) is 5.15 Å². The second-order valence-electron chi connectivity index (χ2n) is 4.36. The number of hydrogen-bond acceptors (Lipinski definition) is 5. The molecule has 2 rings (SSSR count). The summed E-state index contributed by atoms with van der Waals surface area (Å²) in [5.74, 6) is -0.309. The molecule has 0 atom stereocenters. The standard InChI is InChI=1S/C15H16ClN3O2S/c1-19(21-2)15(20)10-9-17-14(16)8-12(10)18-11-6-4-5-7-13(11)22-3/h4-9H,1-3H3,(H,17,18). The number of carbonyl (C=O) groups excluding carboxylic acids is 1. The summed E-state index contributed by atoms with van der Waals surface area (Å²) >= 11 is 7.58. The number of hydroxylamine groups is 2. The Morgan fingerprint density at radius 2 is 2.09 bits per heavy atom. The maximum absolute atomic E-state index is 12.3. The van der Waals surface area contributed by atoms with Crippen LogP contribution >= 0.6 is 23.4 Å². The molecule has 0 aliphatic carbocycles. The Balaban J connectivity index is 2.41. The molecule has 0 saturated heterocycles. The first-order chi connectivity index (χ1) is 10.6. The molecule has 0 fully saturated rings. The average molecular weight is 338 g/mol. The summed E-state index contributed by atoms with van der Waals surface area (Å²) in [6.07, 6.45) is 3.43. The Hall–Kier alpha value is -1.76. The van der Waals surface area contributed by atoms with Gasteiger partial charge in [-0.2, -0.15) is 0 Å². The van der Waals surface area contributed by atoms with E-state index in [1.54, 1.807) is 17.8 Å². The van der Waals surface area contributed by atoms with Crippen LogP contribution in [0.25, 0.3) is 0 Å². The largest absolute Gasteiger partial charge is 0.354 e. The number of thioether (sulfide) groups is 1. The molecular weight excluding hydrogens is 322 g/mol. The van der Waals surface area contributed by atoms with Crippen LogP contribution in [0.3, 0.4) is 0 Å². The monoisotopic (exact) mass is 337 g/mol. The minimum atomic E-state index is -0.309. The van der Waals surface area contributed by atoms with E-state index in [0.717, 1.165) is 15.6 Å². The summed E-state index contributed by atoms with van der Waals surface area (Å²) in [6, 6.07) is 9.44. The molecule has 1 aromatic carbocycles. The van der Waals surface area contributed by atoms with Crippen molar-refractivity contribution in [3.63, 3.8) is 0 Å². The minimum absolute atomic E-state index is 0.306. The van der Waals surface area contributed by atoms with Crippen molar-refractivity contribution in [1.29, 1.82) is 0 Å². The second-order valence-corrected chi connectivity index (χ2v) is 5.60. The van der Waals surface area contributed by atoms with E-state index < -0.39 is 0 Å². The van der Waals surface area contributed by atoms with Crippen molar-refractivity contribution < 1.29 is 9.63 Å². The van der Waals surface area contributed by atoms with Gasteiger partial charge in [0, 0.05) is 18.1 Å². The van der Waals surface area contributed by atoms with Crippen LogP contribution < -0.4 is 5.32 Å². The molecule has 1 heterocycles. The smallest absolute Gasteiger partial charge is 0.280 e. The number of benzene rings is 1. The van der Waals surface area contributed by atoms with E-state index in [1.165, 1.54) is 20.4 Å². The SMILES string of the molecule is CON(C)C(=O)c1cnc(Cl)cc1Nc1ccccc1SC. The lowest BCUT2D eigenvalue weighted by molar-refractivity contribution is -0.0756. The van der Waals surface area contributed by atoms with Gasteiger partial charge in [0.25, 0.3) is 5.91 Å². The summed E-state index contributed by atoms with van der Waals surface area (Å²) < 4.78 is 0. The van der Waals surface area contributed by atoms with Crippen LogP contribution in [-0.4, -0.2) is 36.4 Å². The zero-order chi connectivity index (χ0) is 16.1. The first-order valence-electron chi connectivity index (χ1n) is 6.44. The summed E-state index contributed by atoms with van der Waals surface area (Å²) in [5.41, 5.74) is 1.85. The molecule has 0 aliphatic heterocycles. The Kier molecular flexibility index (Phi) is 5.65. The Morgan fingerprint density at radius 3 is 2.77 bits per heavy atom. The van der Waals surface area contributed by atoms with Crippen LogP contribution in [0.2, 0.25) is 5.15 Å². The average Bonchev–Trinajstić information content (AvgIpc) is 2.54. The number of amides is 1. The molecule has 7 heteroatoms. The number of para-hydroxylation sites is 1. The number of hydrogen-bond donors (Lipinski definition) is 1. The van der Waals surface area contributed by atoms with Crippen LogP contribution in [0.5, 0.6) is 0 Å². The molecule has 0 radical (unpaired) electrons. The number of nitrogens with one attached hydrogen (secondary N) is 1. The van der Waals surface area contributed by atoms with Crippen molar-refractivity contribution >= 4 is 40.6 Å². The normalized spacial score (nSPS) is 10.4. The molecule has 0 spiro atoms. The third kappa shape index (κ3) is 3.71. The molecule has 0 bridgehead atoms. The highest BCUT2D eigenvalue weighted by Crippen LogP contribution is 2.30. The highest BCUT2D eigenvalue weighted by atomic mass is 35.5. The molecule has 2 aromatic rings. The third-order valence-corrected chi connectivity index (χ3v) is 4.04. The van der Waals surface area contributed by atoms with Crippen LogP contribution in [0.15, 0.2) is 41.4 Å². The number of pyridine rings is 1. The minimum Gasteiger partial charge on any atom is -0.354 e. The summed E-state index contributed by atoms with van der Waals surface area (Å²) in [7, 11) is 2.97. The molecule has 0 unspecified atom stereocenters. The van der Waals surface area contributed by atoms with Crippen LogP contribution in [0.1, 0.15) is 10.4 Å². The zero-order valence-electron chi connectivity index (χ0n) is 12.5. The van der Waals surface area contributed by atoms with Gasteiger partial charge in [0.05, 0.1) is 24.0 Å². The van der Waals surface area contributed by atoms with Gasteiger partial charge in [-0.1, -0.05) is 23.7 Å². The van der Waals surface area contributed by atoms with Crippen LogP contribution in [0.4, 0.5) is 11.4 Å². The fourth-order valence-electron chi connectivity index (χ4n) is 1.85.